The van der Waals surface area contributed by atoms with Crippen molar-refractivity contribution in [3.05, 3.63) is 66.4 Å². The third-order valence-corrected chi connectivity index (χ3v) is 6.48. The van der Waals surface area contributed by atoms with Crippen molar-refractivity contribution in [1.29, 1.82) is 0 Å². The Kier molecular flexibility index (Phi) is 6.19. The van der Waals surface area contributed by atoms with Crippen LogP contribution in [0.2, 0.25) is 0 Å². The molecule has 5 nitrogen and oxygen atoms in total. The van der Waals surface area contributed by atoms with E-state index in [-0.39, 0.29) is 12.1 Å². The van der Waals surface area contributed by atoms with Gasteiger partial charge in [-0.2, -0.15) is 0 Å². The summed E-state index contributed by atoms with van der Waals surface area (Å²) in [6.45, 7) is 9.96. The first-order valence-electron chi connectivity index (χ1n) is 10.9. The molecule has 0 saturated carbocycles. The molecule has 3 aromatic rings. The largest absolute Gasteiger partial charge is 0.444 e. The molecule has 1 unspecified atom stereocenters. The minimum absolute atomic E-state index is 0.0671. The molecule has 0 spiro atoms. The van der Waals surface area contributed by atoms with Crippen molar-refractivity contribution in [2.24, 2.45) is 0 Å². The van der Waals surface area contributed by atoms with Crippen molar-refractivity contribution in [3.63, 3.8) is 0 Å². The molecule has 4 rings (SSSR count). The van der Waals surface area contributed by atoms with Gasteiger partial charge in [0.25, 0.3) is 0 Å². The van der Waals surface area contributed by atoms with Crippen LogP contribution in [0.25, 0.3) is 10.9 Å². The summed E-state index contributed by atoms with van der Waals surface area (Å²) in [4.78, 5) is 21.4. The highest BCUT2D eigenvalue weighted by atomic mass is 32.2. The second-order valence-electron chi connectivity index (χ2n) is 9.54. The second-order valence-corrected chi connectivity index (χ2v) is 10.7. The van der Waals surface area contributed by atoms with Crippen LogP contribution in [0.15, 0.2) is 70.6 Å². The molecule has 2 aromatic carbocycles. The first-order chi connectivity index (χ1) is 15.1. The average Bonchev–Trinajstić information content (AvgIpc) is 3.02. The van der Waals surface area contributed by atoms with Gasteiger partial charge in [0, 0.05) is 21.4 Å². The number of para-hydroxylation sites is 1. The fraction of sp³-hybridized carbons (Fsp3) is 0.385. The van der Waals surface area contributed by atoms with E-state index < -0.39 is 11.3 Å². The number of fused-ring (bicyclic) bond motifs is 1. The quantitative estimate of drug-likeness (QED) is 0.467. The average molecular weight is 451 g/mol. The number of carbonyl (C=O) groups excluding carboxylic acids is 1. The summed E-state index contributed by atoms with van der Waals surface area (Å²) in [5.41, 5.74) is 0.926. The summed E-state index contributed by atoms with van der Waals surface area (Å²) in [5.74, 6) is 0. The highest BCUT2D eigenvalue weighted by molar-refractivity contribution is 7.99. The fourth-order valence-corrected chi connectivity index (χ4v) is 4.90. The molecule has 1 aromatic heterocycles. The maximum Gasteiger partial charge on any atom is 0.412 e. The Bertz CT molecular complexity index is 1100. The number of nitrogens with zero attached hydrogens (tertiary/aromatic N) is 2. The number of amides is 1. The highest BCUT2D eigenvalue weighted by Crippen LogP contribution is 2.34. The molecule has 0 aliphatic carbocycles. The van der Waals surface area contributed by atoms with Crippen LogP contribution in [-0.4, -0.2) is 40.0 Å². The third-order valence-electron chi connectivity index (χ3n) is 5.40. The van der Waals surface area contributed by atoms with Gasteiger partial charge >= 0.3 is 6.09 Å². The van der Waals surface area contributed by atoms with Crippen LogP contribution >= 0.6 is 11.8 Å². The number of aromatic nitrogens is 1. The minimum atomic E-state index is -0.689. The third kappa shape index (κ3) is 5.08. The molecule has 1 aliphatic rings. The number of rotatable bonds is 4. The number of hydrogen-bond donors (Lipinski definition) is 0. The van der Waals surface area contributed by atoms with Crippen molar-refractivity contribution in [1.82, 2.24) is 9.88 Å². The summed E-state index contributed by atoms with van der Waals surface area (Å²) in [6.07, 6.45) is 2.24. The van der Waals surface area contributed by atoms with Crippen LogP contribution in [0.4, 0.5) is 4.79 Å². The van der Waals surface area contributed by atoms with Crippen LogP contribution < -0.4 is 0 Å². The van der Waals surface area contributed by atoms with Gasteiger partial charge in [-0.25, -0.2) is 4.79 Å². The van der Waals surface area contributed by atoms with Crippen LogP contribution in [0.1, 0.15) is 40.2 Å². The highest BCUT2D eigenvalue weighted by Gasteiger charge is 2.45. The zero-order chi connectivity index (χ0) is 22.9. The van der Waals surface area contributed by atoms with Crippen molar-refractivity contribution in [2.45, 2.75) is 68.2 Å². The summed E-state index contributed by atoms with van der Waals surface area (Å²) in [5, 5.41) is 1.16. The first kappa shape index (κ1) is 22.6. The predicted octanol–water partition coefficient (Wildman–Crippen LogP) is 6.30. The summed E-state index contributed by atoms with van der Waals surface area (Å²) >= 11 is 1.73. The van der Waals surface area contributed by atoms with Crippen LogP contribution in [-0.2, 0) is 15.9 Å². The van der Waals surface area contributed by atoms with Crippen LogP contribution in [0.5, 0.6) is 0 Å². The molecule has 1 amide bonds. The first-order valence-corrected chi connectivity index (χ1v) is 11.7. The van der Waals surface area contributed by atoms with Crippen LogP contribution in [0, 0.1) is 0 Å². The Morgan fingerprint density at radius 1 is 1.16 bits per heavy atom. The van der Waals surface area contributed by atoms with E-state index in [1.54, 1.807) is 16.7 Å². The summed E-state index contributed by atoms with van der Waals surface area (Å²) in [6, 6.07) is 18.7. The maximum absolute atomic E-state index is 12.9. The van der Waals surface area contributed by atoms with E-state index in [1.807, 2.05) is 59.0 Å². The molecular formula is C26H30N2O3S. The lowest BCUT2D eigenvalue weighted by atomic mass is 10.1. The Morgan fingerprint density at radius 3 is 2.59 bits per heavy atom. The number of carbonyl (C=O) groups is 1. The molecule has 1 atom stereocenters. The van der Waals surface area contributed by atoms with Gasteiger partial charge in [0.1, 0.15) is 11.3 Å². The molecule has 0 radical (unpaired) electrons. The molecule has 1 saturated heterocycles. The fourth-order valence-electron chi connectivity index (χ4n) is 3.97. The van der Waals surface area contributed by atoms with Crippen molar-refractivity contribution < 1.29 is 14.3 Å². The van der Waals surface area contributed by atoms with Gasteiger partial charge in [-0.1, -0.05) is 42.1 Å². The topological polar surface area (TPSA) is 51.7 Å². The van der Waals surface area contributed by atoms with Gasteiger partial charge in [0.15, 0.2) is 0 Å². The van der Waals surface area contributed by atoms with Gasteiger partial charge in [-0.15, -0.1) is 0 Å². The zero-order valence-corrected chi connectivity index (χ0v) is 20.1. The minimum Gasteiger partial charge on any atom is -0.444 e. The Balaban J connectivity index is 1.47. The van der Waals surface area contributed by atoms with Crippen molar-refractivity contribution >= 4 is 28.8 Å². The lowest BCUT2D eigenvalue weighted by molar-refractivity contribution is -0.0624. The smallest absolute Gasteiger partial charge is 0.412 e. The zero-order valence-electron chi connectivity index (χ0n) is 19.3. The Hall–Kier alpha value is -2.57. The number of pyridine rings is 1. The van der Waals surface area contributed by atoms with E-state index in [2.05, 4.69) is 41.4 Å². The normalized spacial score (nSPS) is 18.2. The molecule has 32 heavy (non-hydrogen) atoms. The maximum atomic E-state index is 12.9. The van der Waals surface area contributed by atoms with E-state index >= 15 is 0 Å². The van der Waals surface area contributed by atoms with Crippen molar-refractivity contribution in [2.75, 3.05) is 6.61 Å². The Morgan fingerprint density at radius 2 is 1.88 bits per heavy atom. The molecule has 6 heteroatoms. The van der Waals surface area contributed by atoms with Gasteiger partial charge in [-0.3, -0.25) is 9.88 Å². The lowest BCUT2D eigenvalue weighted by Gasteiger charge is -2.35. The lowest BCUT2D eigenvalue weighted by Crippen LogP contribution is -2.50. The van der Waals surface area contributed by atoms with Gasteiger partial charge in [0.05, 0.1) is 18.2 Å². The molecule has 1 aliphatic heterocycles. The van der Waals surface area contributed by atoms with E-state index in [1.165, 1.54) is 4.90 Å². The van der Waals surface area contributed by atoms with E-state index in [0.29, 0.717) is 13.0 Å². The van der Waals surface area contributed by atoms with E-state index in [0.717, 1.165) is 21.4 Å². The summed E-state index contributed by atoms with van der Waals surface area (Å²) < 4.78 is 11.6. The van der Waals surface area contributed by atoms with Gasteiger partial charge in [-0.05, 0) is 70.9 Å². The summed E-state index contributed by atoms with van der Waals surface area (Å²) in [7, 11) is 0. The SMILES string of the molecule is CC(C)(C)OC(=O)N1C(Cc2ccc(Sc3ccnc4ccccc34)cc2)COC1(C)C. The second kappa shape index (κ2) is 8.75. The number of hydrogen-bond acceptors (Lipinski definition) is 5. The molecule has 2 heterocycles. The van der Waals surface area contributed by atoms with Gasteiger partial charge < -0.3 is 9.47 Å². The van der Waals surface area contributed by atoms with E-state index in [9.17, 15) is 4.79 Å². The molecule has 0 N–H and O–H groups in total. The standard InChI is InChI=1S/C26H30N2O3S/c1-25(2,3)31-24(29)28-19(17-30-26(28,4)5)16-18-10-12-20(13-11-18)32-23-14-15-27-22-9-7-6-8-21(22)23/h6-15,19H,16-17H2,1-5H3. The molecule has 168 valence electrons. The molecule has 1 fully saturated rings. The number of ether oxygens (including phenoxy) is 2. The van der Waals surface area contributed by atoms with E-state index in [4.69, 9.17) is 9.47 Å². The monoisotopic (exact) mass is 450 g/mol. The number of benzene rings is 2. The Labute approximate surface area is 194 Å². The van der Waals surface area contributed by atoms with Crippen molar-refractivity contribution in [3.8, 4) is 0 Å². The predicted molar refractivity (Wildman–Crippen MR) is 128 cm³/mol. The van der Waals surface area contributed by atoms with Gasteiger partial charge in [0.2, 0.25) is 0 Å². The molecule has 0 bridgehead atoms. The van der Waals surface area contributed by atoms with Crippen LogP contribution in [0.3, 0.4) is 0 Å². The molecular weight excluding hydrogens is 420 g/mol.